The van der Waals surface area contributed by atoms with Gasteiger partial charge >= 0.3 is 0 Å². The fraction of sp³-hybridized carbons (Fsp3) is 0.625. The molecule has 116 valence electrons. The zero-order chi connectivity index (χ0) is 15.6. The Morgan fingerprint density at radius 2 is 1.86 bits per heavy atom. The number of halogens is 1. The zero-order valence-corrected chi connectivity index (χ0v) is 14.4. The fourth-order valence-electron chi connectivity index (χ4n) is 2.92. The average Bonchev–Trinajstić information content (AvgIpc) is 2.97. The van der Waals surface area contributed by atoms with E-state index in [0.29, 0.717) is 12.6 Å². The van der Waals surface area contributed by atoms with Gasteiger partial charge < -0.3 is 0 Å². The van der Waals surface area contributed by atoms with E-state index in [1.807, 2.05) is 18.5 Å². The van der Waals surface area contributed by atoms with Gasteiger partial charge in [-0.1, -0.05) is 13.8 Å². The standard InChI is InChI=1S/C16H25ClN4/c1-6-15(7-2)20-9-8-14(19-20)10-21-13(5)16(11(3)17)12(4)18-21/h8-9,11,15H,6-7,10H2,1-5H3. The lowest BCUT2D eigenvalue weighted by atomic mass is 10.1. The highest BCUT2D eigenvalue weighted by molar-refractivity contribution is 6.20. The molecule has 2 aromatic rings. The maximum atomic E-state index is 6.24. The van der Waals surface area contributed by atoms with Crippen LogP contribution in [0.4, 0.5) is 0 Å². The van der Waals surface area contributed by atoms with E-state index in [1.165, 1.54) is 0 Å². The molecule has 2 heterocycles. The lowest BCUT2D eigenvalue weighted by molar-refractivity contribution is 0.423. The smallest absolute Gasteiger partial charge is 0.0853 e. The topological polar surface area (TPSA) is 35.6 Å². The molecule has 2 aromatic heterocycles. The summed E-state index contributed by atoms with van der Waals surface area (Å²) in [6.07, 6.45) is 4.28. The lowest BCUT2D eigenvalue weighted by Crippen LogP contribution is -2.10. The van der Waals surface area contributed by atoms with E-state index in [9.17, 15) is 0 Å². The molecule has 1 atom stereocenters. The Kier molecular flexibility index (Phi) is 5.09. The summed E-state index contributed by atoms with van der Waals surface area (Å²) < 4.78 is 4.08. The number of rotatable bonds is 6. The van der Waals surface area contributed by atoms with Crippen LogP contribution in [0.2, 0.25) is 0 Å². The number of alkyl halides is 1. The van der Waals surface area contributed by atoms with Gasteiger partial charge in [0.25, 0.3) is 0 Å². The van der Waals surface area contributed by atoms with Crippen molar-refractivity contribution in [3.05, 3.63) is 34.9 Å². The highest BCUT2D eigenvalue weighted by Gasteiger charge is 2.16. The maximum Gasteiger partial charge on any atom is 0.0853 e. The van der Waals surface area contributed by atoms with E-state index >= 15 is 0 Å². The van der Waals surface area contributed by atoms with E-state index < -0.39 is 0 Å². The first kappa shape index (κ1) is 16.1. The second-order valence-electron chi connectivity index (χ2n) is 5.62. The van der Waals surface area contributed by atoms with Gasteiger partial charge in [-0.3, -0.25) is 9.36 Å². The van der Waals surface area contributed by atoms with Crippen LogP contribution in [0.15, 0.2) is 12.3 Å². The summed E-state index contributed by atoms with van der Waals surface area (Å²) in [7, 11) is 0. The summed E-state index contributed by atoms with van der Waals surface area (Å²) in [5, 5.41) is 9.29. The van der Waals surface area contributed by atoms with Gasteiger partial charge in [-0.2, -0.15) is 10.2 Å². The molecule has 0 fully saturated rings. The Labute approximate surface area is 132 Å². The van der Waals surface area contributed by atoms with E-state index in [1.54, 1.807) is 0 Å². The summed E-state index contributed by atoms with van der Waals surface area (Å²) in [6, 6.07) is 2.57. The van der Waals surface area contributed by atoms with Crippen molar-refractivity contribution in [1.82, 2.24) is 19.6 Å². The number of hydrogen-bond donors (Lipinski definition) is 0. The molecule has 5 heteroatoms. The number of nitrogens with zero attached hydrogens (tertiary/aromatic N) is 4. The Balaban J connectivity index is 2.21. The molecule has 0 spiro atoms. The Bertz CT molecular complexity index is 593. The van der Waals surface area contributed by atoms with Crippen LogP contribution in [-0.2, 0) is 6.54 Å². The molecule has 2 rings (SSSR count). The van der Waals surface area contributed by atoms with Crippen LogP contribution < -0.4 is 0 Å². The van der Waals surface area contributed by atoms with E-state index in [4.69, 9.17) is 16.7 Å². The molecule has 0 saturated carbocycles. The van der Waals surface area contributed by atoms with Crippen molar-refractivity contribution in [2.24, 2.45) is 0 Å². The van der Waals surface area contributed by atoms with Crippen molar-refractivity contribution >= 4 is 11.6 Å². The molecule has 4 nitrogen and oxygen atoms in total. The largest absolute Gasteiger partial charge is 0.269 e. The SMILES string of the molecule is CCC(CC)n1ccc(Cn2nc(C)c(C(C)Cl)c2C)n1. The molecule has 0 aliphatic heterocycles. The Hall–Kier alpha value is -1.29. The molecule has 1 unspecified atom stereocenters. The number of hydrogen-bond acceptors (Lipinski definition) is 2. The van der Waals surface area contributed by atoms with Gasteiger partial charge in [-0.05, 0) is 39.7 Å². The Morgan fingerprint density at radius 1 is 1.19 bits per heavy atom. The Morgan fingerprint density at radius 3 is 2.38 bits per heavy atom. The van der Waals surface area contributed by atoms with Crippen LogP contribution in [0, 0.1) is 13.8 Å². The third kappa shape index (κ3) is 3.31. The first-order valence-corrected chi connectivity index (χ1v) is 8.13. The van der Waals surface area contributed by atoms with Crippen molar-refractivity contribution in [2.75, 3.05) is 0 Å². The molecule has 0 aromatic carbocycles. The highest BCUT2D eigenvalue weighted by Crippen LogP contribution is 2.26. The van der Waals surface area contributed by atoms with Gasteiger partial charge in [-0.25, -0.2) is 0 Å². The van der Waals surface area contributed by atoms with Crippen molar-refractivity contribution in [2.45, 2.75) is 65.4 Å². The zero-order valence-electron chi connectivity index (χ0n) is 13.6. The van der Waals surface area contributed by atoms with Gasteiger partial charge in [0.15, 0.2) is 0 Å². The van der Waals surface area contributed by atoms with Gasteiger partial charge in [0.1, 0.15) is 0 Å². The van der Waals surface area contributed by atoms with Crippen molar-refractivity contribution < 1.29 is 0 Å². The predicted octanol–water partition coefficient (Wildman–Crippen LogP) is 4.41. The van der Waals surface area contributed by atoms with Gasteiger partial charge in [0.05, 0.1) is 29.4 Å². The minimum absolute atomic E-state index is 0.0131. The van der Waals surface area contributed by atoms with Crippen LogP contribution >= 0.6 is 11.6 Å². The molecule has 0 radical (unpaired) electrons. The van der Waals surface area contributed by atoms with Gasteiger partial charge in [0, 0.05) is 17.5 Å². The second-order valence-corrected chi connectivity index (χ2v) is 6.27. The predicted molar refractivity (Wildman–Crippen MR) is 86.9 cm³/mol. The van der Waals surface area contributed by atoms with E-state index in [0.717, 1.165) is 35.5 Å². The van der Waals surface area contributed by atoms with Crippen LogP contribution in [0.25, 0.3) is 0 Å². The number of aryl methyl sites for hydroxylation is 1. The quantitative estimate of drug-likeness (QED) is 0.741. The monoisotopic (exact) mass is 308 g/mol. The van der Waals surface area contributed by atoms with Crippen LogP contribution in [0.5, 0.6) is 0 Å². The van der Waals surface area contributed by atoms with Crippen LogP contribution in [-0.4, -0.2) is 19.6 Å². The van der Waals surface area contributed by atoms with Gasteiger partial charge in [-0.15, -0.1) is 11.6 Å². The third-order valence-electron chi connectivity index (χ3n) is 4.13. The fourth-order valence-corrected chi connectivity index (χ4v) is 3.24. The van der Waals surface area contributed by atoms with Crippen LogP contribution in [0.1, 0.15) is 67.7 Å². The van der Waals surface area contributed by atoms with Gasteiger partial charge in [0.2, 0.25) is 0 Å². The molecular weight excluding hydrogens is 284 g/mol. The second kappa shape index (κ2) is 6.65. The van der Waals surface area contributed by atoms with Crippen molar-refractivity contribution in [1.29, 1.82) is 0 Å². The minimum atomic E-state index is -0.0131. The molecule has 0 saturated heterocycles. The lowest BCUT2D eigenvalue weighted by Gasteiger charge is -2.12. The summed E-state index contributed by atoms with van der Waals surface area (Å²) in [5.74, 6) is 0. The molecule has 0 bridgehead atoms. The summed E-state index contributed by atoms with van der Waals surface area (Å²) in [5.41, 5.74) is 4.32. The first-order chi connectivity index (χ1) is 9.97. The van der Waals surface area contributed by atoms with E-state index in [-0.39, 0.29) is 5.38 Å². The third-order valence-corrected chi connectivity index (χ3v) is 4.35. The maximum absolute atomic E-state index is 6.24. The molecule has 0 amide bonds. The summed E-state index contributed by atoms with van der Waals surface area (Å²) >= 11 is 6.24. The number of aromatic nitrogens is 4. The molecule has 21 heavy (non-hydrogen) atoms. The first-order valence-electron chi connectivity index (χ1n) is 7.69. The molecule has 0 N–H and O–H groups in total. The van der Waals surface area contributed by atoms with Crippen molar-refractivity contribution in [3.8, 4) is 0 Å². The molecule has 0 aliphatic carbocycles. The summed E-state index contributed by atoms with van der Waals surface area (Å²) in [4.78, 5) is 0. The minimum Gasteiger partial charge on any atom is -0.269 e. The van der Waals surface area contributed by atoms with Crippen molar-refractivity contribution in [3.63, 3.8) is 0 Å². The summed E-state index contributed by atoms with van der Waals surface area (Å²) in [6.45, 7) is 11.2. The van der Waals surface area contributed by atoms with E-state index in [2.05, 4.69) is 42.8 Å². The van der Waals surface area contributed by atoms with Crippen LogP contribution in [0.3, 0.4) is 0 Å². The molecular formula is C16H25ClN4. The molecule has 0 aliphatic rings. The normalized spacial score (nSPS) is 13.1. The highest BCUT2D eigenvalue weighted by atomic mass is 35.5. The average molecular weight is 309 g/mol.